The summed E-state index contributed by atoms with van der Waals surface area (Å²) in [6, 6.07) is 15.8. The molecule has 0 unspecified atom stereocenters. The molecule has 2 aromatic heterocycles. The number of nitrogens with one attached hydrogen (secondary N) is 2. The van der Waals surface area contributed by atoms with E-state index in [-0.39, 0.29) is 23.7 Å². The summed E-state index contributed by atoms with van der Waals surface area (Å²) >= 11 is 0. The van der Waals surface area contributed by atoms with Crippen molar-refractivity contribution < 1.29 is 13.9 Å². The van der Waals surface area contributed by atoms with Gasteiger partial charge < -0.3 is 15.0 Å². The van der Waals surface area contributed by atoms with Crippen molar-refractivity contribution in [3.8, 4) is 11.6 Å². The van der Waals surface area contributed by atoms with Gasteiger partial charge in [0.25, 0.3) is 11.5 Å². The van der Waals surface area contributed by atoms with Crippen LogP contribution in [0.3, 0.4) is 0 Å². The smallest absolute Gasteiger partial charge is 0.287 e. The molecule has 0 spiro atoms. The Labute approximate surface area is 164 Å². The number of aromatic nitrogens is 3. The third-order valence-corrected chi connectivity index (χ3v) is 4.11. The highest BCUT2D eigenvalue weighted by Gasteiger charge is 2.11. The maximum Gasteiger partial charge on any atom is 0.287 e. The van der Waals surface area contributed by atoms with Gasteiger partial charge in [-0.2, -0.15) is 0 Å². The van der Waals surface area contributed by atoms with Crippen LogP contribution in [0.2, 0.25) is 0 Å². The Morgan fingerprint density at radius 3 is 2.62 bits per heavy atom. The lowest BCUT2D eigenvalue weighted by atomic mass is 10.2. The first-order valence-corrected chi connectivity index (χ1v) is 8.74. The SMILES string of the molecule is O=C(NCc1ccc(Oc2ccc(F)cc2)nc1)c1nc2ccccc2c(=O)[nH]1. The van der Waals surface area contributed by atoms with Crippen molar-refractivity contribution in [1.29, 1.82) is 0 Å². The van der Waals surface area contributed by atoms with Crippen LogP contribution in [0.1, 0.15) is 16.2 Å². The zero-order chi connectivity index (χ0) is 20.2. The van der Waals surface area contributed by atoms with Gasteiger partial charge >= 0.3 is 0 Å². The molecular weight excluding hydrogens is 375 g/mol. The number of benzene rings is 2. The predicted molar refractivity (Wildman–Crippen MR) is 104 cm³/mol. The zero-order valence-electron chi connectivity index (χ0n) is 15.1. The highest BCUT2D eigenvalue weighted by atomic mass is 19.1. The first-order chi connectivity index (χ1) is 14.1. The van der Waals surface area contributed by atoms with Crippen LogP contribution in [-0.2, 0) is 6.54 Å². The second-order valence-electron chi connectivity index (χ2n) is 6.18. The summed E-state index contributed by atoms with van der Waals surface area (Å²) in [5.41, 5.74) is 0.808. The summed E-state index contributed by atoms with van der Waals surface area (Å²) in [5, 5.41) is 3.11. The third kappa shape index (κ3) is 4.27. The van der Waals surface area contributed by atoms with Gasteiger partial charge in [0.15, 0.2) is 5.82 Å². The van der Waals surface area contributed by atoms with Crippen molar-refractivity contribution in [2.24, 2.45) is 0 Å². The second kappa shape index (κ2) is 7.89. The highest BCUT2D eigenvalue weighted by molar-refractivity contribution is 5.92. The molecule has 2 aromatic carbocycles. The van der Waals surface area contributed by atoms with Gasteiger partial charge in [0.05, 0.1) is 10.9 Å². The Bertz CT molecular complexity index is 1220. The standard InChI is InChI=1S/C21H15FN4O3/c22-14-6-8-15(9-7-14)29-18-10-5-13(11-23-18)12-24-21(28)19-25-17-4-2-1-3-16(17)20(27)26-19/h1-11H,12H2,(H,24,28)(H,25,26,27). The lowest BCUT2D eigenvalue weighted by Crippen LogP contribution is -2.27. The molecule has 0 bridgehead atoms. The minimum absolute atomic E-state index is 0.0575. The number of carbonyl (C=O) groups is 1. The fourth-order valence-electron chi connectivity index (χ4n) is 2.66. The maximum absolute atomic E-state index is 12.9. The fourth-order valence-corrected chi connectivity index (χ4v) is 2.66. The molecule has 144 valence electrons. The van der Waals surface area contributed by atoms with Crippen LogP contribution in [0.15, 0.2) is 71.7 Å². The molecule has 0 atom stereocenters. The predicted octanol–water partition coefficient (Wildman–Crippen LogP) is 3.18. The highest BCUT2D eigenvalue weighted by Crippen LogP contribution is 2.19. The molecule has 8 heteroatoms. The minimum atomic E-state index is -0.500. The molecule has 0 aliphatic heterocycles. The Morgan fingerprint density at radius 2 is 1.86 bits per heavy atom. The van der Waals surface area contributed by atoms with Crippen molar-refractivity contribution in [3.63, 3.8) is 0 Å². The number of hydrogen-bond acceptors (Lipinski definition) is 5. The van der Waals surface area contributed by atoms with E-state index >= 15 is 0 Å². The van der Waals surface area contributed by atoms with Crippen molar-refractivity contribution in [1.82, 2.24) is 20.3 Å². The second-order valence-corrected chi connectivity index (χ2v) is 6.18. The van der Waals surface area contributed by atoms with Crippen molar-refractivity contribution in [2.45, 2.75) is 6.54 Å². The van der Waals surface area contributed by atoms with E-state index in [1.807, 2.05) is 0 Å². The molecule has 0 saturated carbocycles. The molecule has 1 amide bonds. The van der Waals surface area contributed by atoms with Gasteiger partial charge in [-0.05, 0) is 42.0 Å². The maximum atomic E-state index is 12.9. The van der Waals surface area contributed by atoms with Crippen LogP contribution in [0, 0.1) is 5.82 Å². The largest absolute Gasteiger partial charge is 0.439 e. The average Bonchev–Trinajstić information content (AvgIpc) is 2.74. The minimum Gasteiger partial charge on any atom is -0.439 e. The summed E-state index contributed by atoms with van der Waals surface area (Å²) < 4.78 is 18.4. The van der Waals surface area contributed by atoms with Crippen LogP contribution in [0.25, 0.3) is 10.9 Å². The van der Waals surface area contributed by atoms with Crippen molar-refractivity contribution in [3.05, 3.63) is 94.4 Å². The van der Waals surface area contributed by atoms with E-state index < -0.39 is 5.91 Å². The number of ether oxygens (including phenoxy) is 1. The molecule has 2 N–H and O–H groups in total. The molecule has 7 nitrogen and oxygen atoms in total. The van der Waals surface area contributed by atoms with Gasteiger partial charge in [0, 0.05) is 18.8 Å². The van der Waals surface area contributed by atoms with Gasteiger partial charge in [0.1, 0.15) is 11.6 Å². The fraction of sp³-hybridized carbons (Fsp3) is 0.0476. The molecule has 4 aromatic rings. The Kier molecular flexibility index (Phi) is 4.98. The van der Waals surface area contributed by atoms with Gasteiger partial charge in [0.2, 0.25) is 5.88 Å². The molecular formula is C21H15FN4O3. The summed E-state index contributed by atoms with van der Waals surface area (Å²) in [7, 11) is 0. The van der Waals surface area contributed by atoms with E-state index in [0.29, 0.717) is 22.5 Å². The molecule has 0 saturated heterocycles. The summed E-state index contributed by atoms with van der Waals surface area (Å²) in [5.74, 6) is -0.102. The number of carbonyl (C=O) groups excluding carboxylic acids is 1. The van der Waals surface area contributed by atoms with Crippen LogP contribution in [0.4, 0.5) is 4.39 Å². The number of fused-ring (bicyclic) bond motifs is 1. The third-order valence-electron chi connectivity index (χ3n) is 4.11. The molecule has 2 heterocycles. The van der Waals surface area contributed by atoms with Gasteiger partial charge in [-0.1, -0.05) is 18.2 Å². The number of hydrogen-bond donors (Lipinski definition) is 2. The normalized spacial score (nSPS) is 10.7. The van der Waals surface area contributed by atoms with E-state index in [1.165, 1.54) is 24.3 Å². The van der Waals surface area contributed by atoms with Crippen LogP contribution in [-0.4, -0.2) is 20.9 Å². The van der Waals surface area contributed by atoms with Gasteiger partial charge in [-0.15, -0.1) is 0 Å². The number of para-hydroxylation sites is 1. The van der Waals surface area contributed by atoms with Crippen molar-refractivity contribution in [2.75, 3.05) is 0 Å². The molecule has 0 radical (unpaired) electrons. The number of amides is 1. The van der Waals surface area contributed by atoms with E-state index in [4.69, 9.17) is 4.74 Å². The van der Waals surface area contributed by atoms with E-state index in [0.717, 1.165) is 5.56 Å². The number of nitrogens with zero attached hydrogens (tertiary/aromatic N) is 2. The lowest BCUT2D eigenvalue weighted by Gasteiger charge is -2.07. The number of rotatable bonds is 5. The number of aromatic amines is 1. The number of pyridine rings is 1. The summed E-state index contributed by atoms with van der Waals surface area (Å²) in [6.45, 7) is 0.194. The molecule has 29 heavy (non-hydrogen) atoms. The van der Waals surface area contributed by atoms with E-state index in [2.05, 4.69) is 20.3 Å². The topological polar surface area (TPSA) is 97.0 Å². The first kappa shape index (κ1) is 18.3. The molecule has 0 fully saturated rings. The monoisotopic (exact) mass is 390 g/mol. The Hall–Kier alpha value is -4.07. The first-order valence-electron chi connectivity index (χ1n) is 8.74. The number of H-pyrrole nitrogens is 1. The van der Waals surface area contributed by atoms with Crippen molar-refractivity contribution >= 4 is 16.8 Å². The zero-order valence-corrected chi connectivity index (χ0v) is 15.1. The van der Waals surface area contributed by atoms with E-state index in [9.17, 15) is 14.0 Å². The Balaban J connectivity index is 1.40. The van der Waals surface area contributed by atoms with Crippen LogP contribution in [0.5, 0.6) is 11.6 Å². The van der Waals surface area contributed by atoms with Crippen LogP contribution >= 0.6 is 0 Å². The van der Waals surface area contributed by atoms with Gasteiger partial charge in [-0.3, -0.25) is 9.59 Å². The summed E-state index contributed by atoms with van der Waals surface area (Å²) in [6.07, 6.45) is 1.55. The quantitative estimate of drug-likeness (QED) is 0.546. The molecule has 0 aliphatic carbocycles. The molecule has 0 aliphatic rings. The average molecular weight is 390 g/mol. The molecule has 4 rings (SSSR count). The summed E-state index contributed by atoms with van der Waals surface area (Å²) in [4.78, 5) is 35.2. The van der Waals surface area contributed by atoms with Gasteiger partial charge in [-0.25, -0.2) is 14.4 Å². The van der Waals surface area contributed by atoms with E-state index in [1.54, 1.807) is 42.6 Å². The lowest BCUT2D eigenvalue weighted by molar-refractivity contribution is 0.0940. The van der Waals surface area contributed by atoms with Crippen LogP contribution < -0.4 is 15.6 Å². The number of halogens is 1. The Morgan fingerprint density at radius 1 is 1.07 bits per heavy atom.